The molecule has 1 fully saturated rings. The fourth-order valence-corrected chi connectivity index (χ4v) is 1.97. The van der Waals surface area contributed by atoms with Crippen molar-refractivity contribution in [2.45, 2.75) is 19.0 Å². The maximum absolute atomic E-state index is 11.7. The largest absolute Gasteiger partial charge is 0.384 e. The second kappa shape index (κ2) is 7.53. The van der Waals surface area contributed by atoms with Crippen LogP contribution in [0, 0.1) is 11.8 Å². The molecule has 1 heterocycles. The predicted molar refractivity (Wildman–Crippen MR) is 75.0 cm³/mol. The van der Waals surface area contributed by atoms with Gasteiger partial charge in [-0.3, -0.25) is 0 Å². The number of aliphatic hydroxyl groups excluding tert-OH is 1. The highest BCUT2D eigenvalue weighted by Crippen LogP contribution is 2.05. The van der Waals surface area contributed by atoms with Crippen LogP contribution in [-0.4, -0.2) is 37.0 Å². The Morgan fingerprint density at radius 3 is 3.15 bits per heavy atom. The summed E-state index contributed by atoms with van der Waals surface area (Å²) >= 11 is 0. The summed E-state index contributed by atoms with van der Waals surface area (Å²) in [5.41, 5.74) is 1.79. The van der Waals surface area contributed by atoms with E-state index in [1.54, 1.807) is 0 Å². The summed E-state index contributed by atoms with van der Waals surface area (Å²) in [6, 6.07) is 7.47. The zero-order valence-electron chi connectivity index (χ0n) is 11.2. The Morgan fingerprint density at radius 1 is 1.50 bits per heavy atom. The molecule has 1 aliphatic heterocycles. The van der Waals surface area contributed by atoms with Crippen molar-refractivity contribution in [1.29, 1.82) is 0 Å². The minimum Gasteiger partial charge on any atom is -0.384 e. The number of amides is 2. The minimum atomic E-state index is -0.188. The lowest BCUT2D eigenvalue weighted by atomic mass is 10.1. The maximum Gasteiger partial charge on any atom is 0.315 e. The molecule has 1 aliphatic rings. The third kappa shape index (κ3) is 4.57. The van der Waals surface area contributed by atoms with Crippen molar-refractivity contribution < 1.29 is 14.6 Å². The Kier molecular flexibility index (Phi) is 5.42. The standard InChI is InChI=1S/C15H18N2O3/c18-7-2-5-12-3-1-4-13(9-12)10-16-15(19)17-14-6-8-20-11-14/h1,3-4,9,14,18H,6-8,10-11H2,(H2,16,17,19). The van der Waals surface area contributed by atoms with Crippen LogP contribution in [0.3, 0.4) is 0 Å². The third-order valence-electron chi connectivity index (χ3n) is 2.96. The second-order valence-corrected chi connectivity index (χ2v) is 4.55. The molecule has 0 spiro atoms. The molecule has 1 unspecified atom stereocenters. The Labute approximate surface area is 118 Å². The molecule has 0 radical (unpaired) electrons. The predicted octanol–water partition coefficient (Wildman–Crippen LogP) is 0.619. The van der Waals surface area contributed by atoms with E-state index in [0.29, 0.717) is 19.8 Å². The maximum atomic E-state index is 11.7. The monoisotopic (exact) mass is 274 g/mol. The van der Waals surface area contributed by atoms with E-state index in [1.807, 2.05) is 24.3 Å². The number of carbonyl (C=O) groups is 1. The lowest BCUT2D eigenvalue weighted by Gasteiger charge is -2.12. The van der Waals surface area contributed by atoms with E-state index in [2.05, 4.69) is 22.5 Å². The average molecular weight is 274 g/mol. The summed E-state index contributed by atoms with van der Waals surface area (Å²) in [6.45, 7) is 1.57. The van der Waals surface area contributed by atoms with Crippen LogP contribution < -0.4 is 10.6 Å². The molecule has 1 aromatic carbocycles. The lowest BCUT2D eigenvalue weighted by Crippen LogP contribution is -2.42. The quantitative estimate of drug-likeness (QED) is 0.708. The van der Waals surface area contributed by atoms with E-state index in [9.17, 15) is 4.79 Å². The van der Waals surface area contributed by atoms with Crippen molar-refractivity contribution in [1.82, 2.24) is 10.6 Å². The molecule has 2 rings (SSSR count). The van der Waals surface area contributed by atoms with Crippen LogP contribution in [0.25, 0.3) is 0 Å². The number of rotatable bonds is 3. The molecular formula is C15H18N2O3. The summed E-state index contributed by atoms with van der Waals surface area (Å²) in [4.78, 5) is 11.7. The van der Waals surface area contributed by atoms with E-state index in [-0.39, 0.29) is 18.7 Å². The number of hydrogen-bond donors (Lipinski definition) is 3. The Hall–Kier alpha value is -2.03. The van der Waals surface area contributed by atoms with E-state index in [1.165, 1.54) is 0 Å². The molecule has 1 atom stereocenters. The molecule has 106 valence electrons. The van der Waals surface area contributed by atoms with Crippen LogP contribution in [0.2, 0.25) is 0 Å². The van der Waals surface area contributed by atoms with Gasteiger partial charge in [0.15, 0.2) is 0 Å². The van der Waals surface area contributed by atoms with Gasteiger partial charge in [-0.2, -0.15) is 0 Å². The van der Waals surface area contributed by atoms with Crippen LogP contribution in [0.5, 0.6) is 0 Å². The Balaban J connectivity index is 1.82. The van der Waals surface area contributed by atoms with Gasteiger partial charge in [-0.15, -0.1) is 0 Å². The van der Waals surface area contributed by atoms with Gasteiger partial charge in [-0.1, -0.05) is 24.0 Å². The van der Waals surface area contributed by atoms with Crippen LogP contribution in [0.1, 0.15) is 17.5 Å². The summed E-state index contributed by atoms with van der Waals surface area (Å²) in [7, 11) is 0. The zero-order chi connectivity index (χ0) is 14.2. The van der Waals surface area contributed by atoms with Crippen molar-refractivity contribution in [2.75, 3.05) is 19.8 Å². The van der Waals surface area contributed by atoms with Crippen LogP contribution in [0.4, 0.5) is 4.79 Å². The van der Waals surface area contributed by atoms with E-state index < -0.39 is 0 Å². The SMILES string of the molecule is O=C(NCc1cccc(C#CCO)c1)NC1CCOC1. The topological polar surface area (TPSA) is 70.6 Å². The molecular weight excluding hydrogens is 256 g/mol. The Bertz CT molecular complexity index is 513. The van der Waals surface area contributed by atoms with Crippen molar-refractivity contribution in [3.05, 3.63) is 35.4 Å². The van der Waals surface area contributed by atoms with E-state index in [0.717, 1.165) is 17.5 Å². The number of urea groups is 1. The number of hydrogen-bond acceptors (Lipinski definition) is 3. The molecule has 0 saturated carbocycles. The van der Waals surface area contributed by atoms with Gasteiger partial charge < -0.3 is 20.5 Å². The normalized spacial score (nSPS) is 17.1. The molecule has 1 aromatic rings. The van der Waals surface area contributed by atoms with Gasteiger partial charge in [-0.05, 0) is 24.1 Å². The number of ether oxygens (including phenoxy) is 1. The summed E-state index contributed by atoms with van der Waals surface area (Å²) in [5.74, 6) is 5.43. The minimum absolute atomic E-state index is 0.108. The molecule has 20 heavy (non-hydrogen) atoms. The fraction of sp³-hybridized carbons (Fsp3) is 0.400. The number of aliphatic hydroxyl groups is 1. The molecule has 2 amide bonds. The zero-order valence-corrected chi connectivity index (χ0v) is 11.2. The molecule has 5 nitrogen and oxygen atoms in total. The highest BCUT2D eigenvalue weighted by Gasteiger charge is 2.17. The highest BCUT2D eigenvalue weighted by atomic mass is 16.5. The Morgan fingerprint density at radius 2 is 2.40 bits per heavy atom. The van der Waals surface area contributed by atoms with Crippen molar-refractivity contribution >= 4 is 6.03 Å². The molecule has 0 aliphatic carbocycles. The van der Waals surface area contributed by atoms with Crippen molar-refractivity contribution in [3.63, 3.8) is 0 Å². The van der Waals surface area contributed by atoms with E-state index in [4.69, 9.17) is 9.84 Å². The first-order chi connectivity index (χ1) is 9.78. The van der Waals surface area contributed by atoms with Crippen LogP contribution >= 0.6 is 0 Å². The van der Waals surface area contributed by atoms with Crippen molar-refractivity contribution in [3.8, 4) is 11.8 Å². The smallest absolute Gasteiger partial charge is 0.315 e. The first kappa shape index (κ1) is 14.4. The van der Waals surface area contributed by atoms with Crippen molar-refractivity contribution in [2.24, 2.45) is 0 Å². The fourth-order valence-electron chi connectivity index (χ4n) is 1.97. The third-order valence-corrected chi connectivity index (χ3v) is 2.96. The van der Waals surface area contributed by atoms with Gasteiger partial charge in [-0.25, -0.2) is 4.79 Å². The number of nitrogens with one attached hydrogen (secondary N) is 2. The molecule has 5 heteroatoms. The lowest BCUT2D eigenvalue weighted by molar-refractivity contribution is 0.188. The molecule has 0 aromatic heterocycles. The molecule has 3 N–H and O–H groups in total. The van der Waals surface area contributed by atoms with Crippen LogP contribution in [0.15, 0.2) is 24.3 Å². The van der Waals surface area contributed by atoms with Gasteiger partial charge in [0, 0.05) is 18.7 Å². The number of benzene rings is 1. The van der Waals surface area contributed by atoms with Crippen LogP contribution in [-0.2, 0) is 11.3 Å². The van der Waals surface area contributed by atoms with E-state index >= 15 is 0 Å². The average Bonchev–Trinajstić information content (AvgIpc) is 2.96. The molecule has 0 bridgehead atoms. The van der Waals surface area contributed by atoms with Gasteiger partial charge >= 0.3 is 6.03 Å². The summed E-state index contributed by atoms with van der Waals surface area (Å²) in [5, 5.41) is 14.3. The van der Waals surface area contributed by atoms with Gasteiger partial charge in [0.25, 0.3) is 0 Å². The van der Waals surface area contributed by atoms with Gasteiger partial charge in [0.2, 0.25) is 0 Å². The summed E-state index contributed by atoms with van der Waals surface area (Å²) < 4.78 is 5.20. The van der Waals surface area contributed by atoms with Gasteiger partial charge in [0.05, 0.1) is 12.6 Å². The first-order valence-corrected chi connectivity index (χ1v) is 6.58. The second-order valence-electron chi connectivity index (χ2n) is 4.55. The summed E-state index contributed by atoms with van der Waals surface area (Å²) in [6.07, 6.45) is 0.861. The molecule has 1 saturated heterocycles. The highest BCUT2D eigenvalue weighted by molar-refractivity contribution is 5.74. The van der Waals surface area contributed by atoms with Gasteiger partial charge in [0.1, 0.15) is 6.61 Å². The first-order valence-electron chi connectivity index (χ1n) is 6.58. The number of carbonyl (C=O) groups excluding carboxylic acids is 1.